The number of carbonyl (C=O) groups is 3. The normalized spacial score (nSPS) is 10.1. The summed E-state index contributed by atoms with van der Waals surface area (Å²) in [6, 6.07) is 5.76. The summed E-state index contributed by atoms with van der Waals surface area (Å²) in [5.41, 5.74) is -1.24. The summed E-state index contributed by atoms with van der Waals surface area (Å²) in [6.45, 7) is 0. The highest BCUT2D eigenvalue weighted by Crippen LogP contribution is 2.13. The second-order valence-corrected chi connectivity index (χ2v) is 4.66. The zero-order chi connectivity index (χ0) is 17.9. The van der Waals surface area contributed by atoms with Crippen molar-refractivity contribution in [2.45, 2.75) is 0 Å². The first-order chi connectivity index (χ1) is 11.4. The van der Waals surface area contributed by atoms with Crippen molar-refractivity contribution in [3.63, 3.8) is 0 Å². The average molecular weight is 331 g/mol. The maximum atomic E-state index is 12.2. The van der Waals surface area contributed by atoms with Gasteiger partial charge in [-0.2, -0.15) is 0 Å². The minimum absolute atomic E-state index is 0.00503. The first-order valence-corrected chi connectivity index (χ1v) is 6.65. The molecule has 0 saturated heterocycles. The number of hydrogen-bond acceptors (Lipinski definition) is 6. The Hall–Kier alpha value is -3.42. The van der Waals surface area contributed by atoms with E-state index in [1.807, 2.05) is 0 Å². The second-order valence-electron chi connectivity index (χ2n) is 4.66. The van der Waals surface area contributed by atoms with Crippen molar-refractivity contribution < 1.29 is 29.0 Å². The molecular formula is C16H13NO7. The highest BCUT2D eigenvalue weighted by atomic mass is 16.5. The van der Waals surface area contributed by atoms with Crippen LogP contribution in [0.4, 0.5) is 0 Å². The van der Waals surface area contributed by atoms with Gasteiger partial charge in [-0.3, -0.25) is 4.79 Å². The maximum Gasteiger partial charge on any atom is 0.343 e. The summed E-state index contributed by atoms with van der Waals surface area (Å²) in [5, 5.41) is 9.05. The smallest absolute Gasteiger partial charge is 0.343 e. The summed E-state index contributed by atoms with van der Waals surface area (Å²) in [4.78, 5) is 46.8. The van der Waals surface area contributed by atoms with E-state index in [1.54, 1.807) is 6.07 Å². The molecular weight excluding hydrogens is 318 g/mol. The van der Waals surface area contributed by atoms with Gasteiger partial charge in [0.25, 0.3) is 0 Å². The number of methoxy groups -OCH3 is 2. The third-order valence-electron chi connectivity index (χ3n) is 3.23. The van der Waals surface area contributed by atoms with Crippen LogP contribution in [0.15, 0.2) is 41.5 Å². The van der Waals surface area contributed by atoms with Crippen molar-refractivity contribution in [2.75, 3.05) is 14.2 Å². The van der Waals surface area contributed by atoms with E-state index in [0.717, 1.165) is 14.2 Å². The van der Waals surface area contributed by atoms with Gasteiger partial charge in [0, 0.05) is 18.1 Å². The van der Waals surface area contributed by atoms with Crippen molar-refractivity contribution in [3.8, 4) is 5.69 Å². The van der Waals surface area contributed by atoms with E-state index < -0.39 is 23.3 Å². The molecule has 0 aliphatic rings. The number of carbonyl (C=O) groups excluding carboxylic acids is 2. The SMILES string of the molecule is COC(=O)c1cn(-c2cccc(C(=O)O)c2)cc(C(=O)OC)c1=O. The molecule has 0 spiro atoms. The molecule has 2 rings (SSSR count). The van der Waals surface area contributed by atoms with Gasteiger partial charge >= 0.3 is 17.9 Å². The Kier molecular flexibility index (Phi) is 4.78. The number of carboxylic acid groups (broad SMARTS) is 1. The lowest BCUT2D eigenvalue weighted by molar-refractivity contribution is 0.0593. The van der Waals surface area contributed by atoms with Crippen LogP contribution in [0.25, 0.3) is 5.69 Å². The Morgan fingerprint density at radius 2 is 1.54 bits per heavy atom. The lowest BCUT2D eigenvalue weighted by Gasteiger charge is -2.11. The van der Waals surface area contributed by atoms with Gasteiger partial charge in [0.1, 0.15) is 11.1 Å². The van der Waals surface area contributed by atoms with E-state index in [1.165, 1.54) is 35.2 Å². The molecule has 1 aromatic carbocycles. The Balaban J connectivity index is 2.72. The standard InChI is InChI=1S/C16H13NO7/c1-23-15(21)11-7-17(8-12(13(11)18)16(22)24-2)10-5-3-4-9(6-10)14(19)20/h3-8H,1-2H3,(H,19,20). The quantitative estimate of drug-likeness (QED) is 0.835. The molecule has 0 fully saturated rings. The molecule has 1 heterocycles. The van der Waals surface area contributed by atoms with E-state index in [0.29, 0.717) is 5.69 Å². The van der Waals surface area contributed by atoms with Gasteiger partial charge in [0.05, 0.1) is 19.8 Å². The molecule has 8 heteroatoms. The Labute approximate surface area is 135 Å². The topological polar surface area (TPSA) is 112 Å². The fourth-order valence-corrected chi connectivity index (χ4v) is 2.04. The van der Waals surface area contributed by atoms with Crippen molar-refractivity contribution in [1.29, 1.82) is 0 Å². The minimum Gasteiger partial charge on any atom is -0.478 e. The molecule has 24 heavy (non-hydrogen) atoms. The fourth-order valence-electron chi connectivity index (χ4n) is 2.04. The zero-order valence-corrected chi connectivity index (χ0v) is 12.8. The first kappa shape index (κ1) is 16.9. The van der Waals surface area contributed by atoms with Crippen LogP contribution in [0, 0.1) is 0 Å². The zero-order valence-electron chi connectivity index (χ0n) is 12.8. The number of rotatable bonds is 4. The average Bonchev–Trinajstić information content (AvgIpc) is 2.60. The molecule has 0 aliphatic heterocycles. The molecule has 0 bridgehead atoms. The second kappa shape index (κ2) is 6.78. The summed E-state index contributed by atoms with van der Waals surface area (Å²) >= 11 is 0. The fraction of sp³-hybridized carbons (Fsp3) is 0.125. The van der Waals surface area contributed by atoms with Crippen LogP contribution in [0.5, 0.6) is 0 Å². The molecule has 1 aromatic heterocycles. The highest BCUT2D eigenvalue weighted by molar-refractivity contribution is 5.94. The highest BCUT2D eigenvalue weighted by Gasteiger charge is 2.20. The monoisotopic (exact) mass is 331 g/mol. The number of benzene rings is 1. The van der Waals surface area contributed by atoms with E-state index in [4.69, 9.17) is 5.11 Å². The number of aromatic carboxylic acids is 1. The maximum absolute atomic E-state index is 12.2. The molecule has 0 saturated carbocycles. The number of ether oxygens (including phenoxy) is 2. The van der Waals surface area contributed by atoms with Crippen LogP contribution in [0.2, 0.25) is 0 Å². The number of pyridine rings is 1. The molecule has 0 amide bonds. The summed E-state index contributed by atoms with van der Waals surface area (Å²) < 4.78 is 10.4. The van der Waals surface area contributed by atoms with E-state index in [2.05, 4.69) is 9.47 Å². The molecule has 0 aliphatic carbocycles. The Morgan fingerprint density at radius 1 is 1.00 bits per heavy atom. The largest absolute Gasteiger partial charge is 0.478 e. The molecule has 0 unspecified atom stereocenters. The minimum atomic E-state index is -1.14. The van der Waals surface area contributed by atoms with Crippen LogP contribution < -0.4 is 5.43 Å². The van der Waals surface area contributed by atoms with Gasteiger partial charge < -0.3 is 19.1 Å². The number of carboxylic acids is 1. The van der Waals surface area contributed by atoms with Crippen LogP contribution in [-0.4, -0.2) is 41.8 Å². The van der Waals surface area contributed by atoms with E-state index >= 15 is 0 Å². The van der Waals surface area contributed by atoms with Crippen LogP contribution >= 0.6 is 0 Å². The van der Waals surface area contributed by atoms with E-state index in [9.17, 15) is 19.2 Å². The van der Waals surface area contributed by atoms with Gasteiger partial charge in [-0.1, -0.05) is 6.07 Å². The Morgan fingerprint density at radius 3 is 2.00 bits per heavy atom. The number of hydrogen-bond donors (Lipinski definition) is 1. The lowest BCUT2D eigenvalue weighted by Crippen LogP contribution is -2.25. The summed E-state index contributed by atoms with van der Waals surface area (Å²) in [6.07, 6.45) is 2.34. The van der Waals surface area contributed by atoms with Crippen molar-refractivity contribution >= 4 is 17.9 Å². The number of aromatic nitrogens is 1. The lowest BCUT2D eigenvalue weighted by atomic mass is 10.1. The molecule has 0 atom stereocenters. The van der Waals surface area contributed by atoms with Gasteiger partial charge in [-0.25, -0.2) is 14.4 Å². The predicted molar refractivity (Wildman–Crippen MR) is 81.7 cm³/mol. The summed E-state index contributed by atoms with van der Waals surface area (Å²) in [7, 11) is 2.20. The van der Waals surface area contributed by atoms with Crippen molar-refractivity contribution in [2.24, 2.45) is 0 Å². The Bertz CT molecular complexity index is 842. The third-order valence-corrected chi connectivity index (χ3v) is 3.23. The molecule has 0 radical (unpaired) electrons. The van der Waals surface area contributed by atoms with Crippen molar-refractivity contribution in [1.82, 2.24) is 4.57 Å². The van der Waals surface area contributed by atoms with Gasteiger partial charge in [-0.05, 0) is 18.2 Å². The predicted octanol–water partition coefficient (Wildman–Crippen LogP) is 1.11. The van der Waals surface area contributed by atoms with Gasteiger partial charge in [0.15, 0.2) is 0 Å². The van der Waals surface area contributed by atoms with Crippen molar-refractivity contribution in [3.05, 3.63) is 63.6 Å². The number of esters is 2. The van der Waals surface area contributed by atoms with Crippen LogP contribution in [-0.2, 0) is 9.47 Å². The van der Waals surface area contributed by atoms with E-state index in [-0.39, 0.29) is 16.7 Å². The molecule has 2 aromatic rings. The third kappa shape index (κ3) is 3.17. The van der Waals surface area contributed by atoms with Crippen LogP contribution in [0.1, 0.15) is 31.1 Å². The molecule has 124 valence electrons. The van der Waals surface area contributed by atoms with Crippen LogP contribution in [0.3, 0.4) is 0 Å². The van der Waals surface area contributed by atoms with Gasteiger partial charge in [-0.15, -0.1) is 0 Å². The molecule has 8 nitrogen and oxygen atoms in total. The summed E-state index contributed by atoms with van der Waals surface area (Å²) in [5.74, 6) is -2.98. The first-order valence-electron chi connectivity index (χ1n) is 6.65. The number of nitrogens with zero attached hydrogens (tertiary/aromatic N) is 1. The van der Waals surface area contributed by atoms with Gasteiger partial charge in [0.2, 0.25) is 5.43 Å². The molecule has 1 N–H and O–H groups in total.